The standard InChI is InChI=1S/C21H17BrN4O3S/c22-14-4-5-16-15(10-14)20(18(12-24-16)30-26-6-8-29-9-7-26)25-17-3-1-2-13(11-23)19(17)21(27)28/h1-5,10,12H,6-9H2,(H,24,25)(H,27,28). The van der Waals surface area contributed by atoms with Crippen LogP contribution in [0.3, 0.4) is 0 Å². The average Bonchev–Trinajstić information content (AvgIpc) is 2.75. The number of nitrogens with one attached hydrogen (secondary N) is 1. The van der Waals surface area contributed by atoms with E-state index >= 15 is 0 Å². The third-order valence-corrected chi connectivity index (χ3v) is 6.27. The quantitative estimate of drug-likeness (QED) is 0.504. The summed E-state index contributed by atoms with van der Waals surface area (Å²) < 4.78 is 8.51. The fraction of sp³-hybridized carbons (Fsp3) is 0.190. The van der Waals surface area contributed by atoms with E-state index in [1.807, 2.05) is 24.3 Å². The molecule has 0 unspecified atom stereocenters. The molecule has 2 heterocycles. The van der Waals surface area contributed by atoms with Crippen molar-refractivity contribution in [3.63, 3.8) is 0 Å². The number of morpholine rings is 1. The number of carboxylic acid groups (broad SMARTS) is 1. The Morgan fingerprint density at radius 1 is 1.30 bits per heavy atom. The molecule has 2 aromatic carbocycles. The van der Waals surface area contributed by atoms with Crippen LogP contribution in [0, 0.1) is 11.3 Å². The van der Waals surface area contributed by atoms with Crippen LogP contribution in [0.5, 0.6) is 0 Å². The fourth-order valence-electron chi connectivity index (χ4n) is 3.24. The molecule has 2 N–H and O–H groups in total. The Hall–Kier alpha value is -2.64. The molecule has 0 bridgehead atoms. The highest BCUT2D eigenvalue weighted by Gasteiger charge is 2.20. The Kier molecular flexibility index (Phi) is 6.20. The van der Waals surface area contributed by atoms with Crippen LogP contribution in [0.2, 0.25) is 0 Å². The van der Waals surface area contributed by atoms with E-state index in [1.54, 1.807) is 30.3 Å². The number of rotatable bonds is 5. The molecule has 152 valence electrons. The molecule has 4 rings (SSSR count). The first-order valence-electron chi connectivity index (χ1n) is 9.19. The van der Waals surface area contributed by atoms with Crippen LogP contribution in [0.4, 0.5) is 11.4 Å². The van der Waals surface area contributed by atoms with Crippen LogP contribution in [-0.2, 0) is 4.74 Å². The lowest BCUT2D eigenvalue weighted by atomic mass is 10.1. The minimum Gasteiger partial charge on any atom is -0.478 e. The second-order valence-corrected chi connectivity index (χ2v) is 8.62. The van der Waals surface area contributed by atoms with Crippen LogP contribution in [0.1, 0.15) is 15.9 Å². The van der Waals surface area contributed by atoms with Crippen molar-refractivity contribution in [2.45, 2.75) is 4.90 Å². The van der Waals surface area contributed by atoms with Gasteiger partial charge in [0.1, 0.15) is 11.6 Å². The molecule has 0 amide bonds. The number of nitriles is 1. The van der Waals surface area contributed by atoms with Gasteiger partial charge in [-0.15, -0.1) is 0 Å². The zero-order chi connectivity index (χ0) is 21.1. The summed E-state index contributed by atoms with van der Waals surface area (Å²) in [5, 5.41) is 23.2. The van der Waals surface area contributed by atoms with E-state index < -0.39 is 5.97 Å². The Bertz CT molecular complexity index is 1160. The van der Waals surface area contributed by atoms with E-state index in [2.05, 4.69) is 30.5 Å². The lowest BCUT2D eigenvalue weighted by Gasteiger charge is -2.26. The van der Waals surface area contributed by atoms with Gasteiger partial charge in [-0.25, -0.2) is 9.10 Å². The zero-order valence-corrected chi connectivity index (χ0v) is 18.2. The molecule has 0 aliphatic carbocycles. The minimum atomic E-state index is -1.16. The van der Waals surface area contributed by atoms with E-state index in [-0.39, 0.29) is 11.1 Å². The van der Waals surface area contributed by atoms with Gasteiger partial charge in [-0.3, -0.25) is 4.98 Å². The smallest absolute Gasteiger partial charge is 0.339 e. The molecule has 7 nitrogen and oxygen atoms in total. The Labute approximate surface area is 185 Å². The molecule has 0 saturated carbocycles. The van der Waals surface area contributed by atoms with E-state index in [0.29, 0.717) is 18.9 Å². The molecule has 30 heavy (non-hydrogen) atoms. The van der Waals surface area contributed by atoms with Gasteiger partial charge >= 0.3 is 5.97 Å². The summed E-state index contributed by atoms with van der Waals surface area (Å²) in [6.07, 6.45) is 1.79. The number of benzene rings is 2. The van der Waals surface area contributed by atoms with Crippen LogP contribution in [0.15, 0.2) is 52.0 Å². The predicted octanol–water partition coefficient (Wildman–Crippen LogP) is 4.65. The number of aromatic carboxylic acids is 1. The summed E-state index contributed by atoms with van der Waals surface area (Å²) in [5.74, 6) is -1.16. The molecule has 9 heteroatoms. The third-order valence-electron chi connectivity index (χ3n) is 4.65. The second-order valence-electron chi connectivity index (χ2n) is 6.56. The third kappa shape index (κ3) is 4.27. The molecular formula is C21H17BrN4O3S. The highest BCUT2D eigenvalue weighted by atomic mass is 79.9. The predicted molar refractivity (Wildman–Crippen MR) is 119 cm³/mol. The maximum atomic E-state index is 11.9. The number of hydrogen-bond donors (Lipinski definition) is 2. The molecule has 0 spiro atoms. The van der Waals surface area contributed by atoms with Crippen molar-refractivity contribution in [2.24, 2.45) is 0 Å². The Balaban J connectivity index is 1.84. The number of nitrogens with zero attached hydrogens (tertiary/aromatic N) is 3. The second kappa shape index (κ2) is 9.02. The lowest BCUT2D eigenvalue weighted by Crippen LogP contribution is -2.31. The summed E-state index contributed by atoms with van der Waals surface area (Å²) in [6, 6.07) is 12.6. The van der Waals surface area contributed by atoms with Crippen LogP contribution in [-0.4, -0.2) is 46.7 Å². The number of hydrogen-bond acceptors (Lipinski definition) is 7. The van der Waals surface area contributed by atoms with Crippen molar-refractivity contribution in [1.82, 2.24) is 9.29 Å². The summed E-state index contributed by atoms with van der Waals surface area (Å²) in [5.41, 5.74) is 1.94. The molecule has 1 saturated heterocycles. The van der Waals surface area contributed by atoms with Crippen molar-refractivity contribution in [2.75, 3.05) is 31.6 Å². The average molecular weight is 485 g/mol. The van der Waals surface area contributed by atoms with E-state index in [0.717, 1.165) is 39.0 Å². The Morgan fingerprint density at radius 2 is 2.10 bits per heavy atom. The van der Waals surface area contributed by atoms with Crippen molar-refractivity contribution < 1.29 is 14.6 Å². The molecule has 0 radical (unpaired) electrons. The molecule has 1 aliphatic heterocycles. The van der Waals surface area contributed by atoms with Crippen molar-refractivity contribution in [3.8, 4) is 6.07 Å². The van der Waals surface area contributed by atoms with Gasteiger partial charge in [-0.05, 0) is 42.3 Å². The maximum Gasteiger partial charge on any atom is 0.339 e. The normalized spacial score (nSPS) is 14.4. The van der Waals surface area contributed by atoms with E-state index in [9.17, 15) is 15.2 Å². The van der Waals surface area contributed by atoms with E-state index in [1.165, 1.54) is 6.07 Å². The van der Waals surface area contributed by atoms with Gasteiger partial charge in [0.15, 0.2) is 0 Å². The van der Waals surface area contributed by atoms with Crippen LogP contribution >= 0.6 is 27.9 Å². The fourth-order valence-corrected chi connectivity index (χ4v) is 4.56. The monoisotopic (exact) mass is 484 g/mol. The van der Waals surface area contributed by atoms with Gasteiger partial charge in [0, 0.05) is 29.1 Å². The SMILES string of the molecule is N#Cc1cccc(Nc2c(SN3CCOCC3)cnc3ccc(Br)cc23)c1C(=O)O. The summed E-state index contributed by atoms with van der Waals surface area (Å²) in [7, 11) is 0. The molecule has 3 aromatic rings. The topological polar surface area (TPSA) is 98.5 Å². The number of aromatic nitrogens is 1. The highest BCUT2D eigenvalue weighted by Crippen LogP contribution is 2.38. The van der Waals surface area contributed by atoms with E-state index in [4.69, 9.17) is 4.74 Å². The molecular weight excluding hydrogens is 468 g/mol. The van der Waals surface area contributed by atoms with Crippen molar-refractivity contribution in [1.29, 1.82) is 5.26 Å². The Morgan fingerprint density at radius 3 is 2.83 bits per heavy atom. The molecule has 1 aliphatic rings. The van der Waals surface area contributed by atoms with Gasteiger partial charge in [0.05, 0.1) is 40.6 Å². The summed E-state index contributed by atoms with van der Waals surface area (Å²) in [4.78, 5) is 17.3. The van der Waals surface area contributed by atoms with Gasteiger partial charge < -0.3 is 15.2 Å². The minimum absolute atomic E-state index is 0.0534. The lowest BCUT2D eigenvalue weighted by molar-refractivity contribution is 0.0697. The largest absolute Gasteiger partial charge is 0.478 e. The number of carboxylic acids is 1. The summed E-state index contributed by atoms with van der Waals surface area (Å²) in [6.45, 7) is 2.89. The summed E-state index contributed by atoms with van der Waals surface area (Å²) >= 11 is 5.07. The van der Waals surface area contributed by atoms with Crippen LogP contribution in [0.25, 0.3) is 10.9 Å². The van der Waals surface area contributed by atoms with Gasteiger partial charge in [0.2, 0.25) is 0 Å². The number of ether oxygens (including phenoxy) is 1. The maximum absolute atomic E-state index is 11.9. The molecule has 1 aromatic heterocycles. The first kappa shape index (κ1) is 20.6. The van der Waals surface area contributed by atoms with Gasteiger partial charge in [-0.2, -0.15) is 5.26 Å². The van der Waals surface area contributed by atoms with Crippen molar-refractivity contribution in [3.05, 3.63) is 58.2 Å². The first-order chi connectivity index (χ1) is 14.6. The zero-order valence-electron chi connectivity index (χ0n) is 15.8. The first-order valence-corrected chi connectivity index (χ1v) is 10.8. The van der Waals surface area contributed by atoms with Gasteiger partial charge in [0.25, 0.3) is 0 Å². The molecule has 1 fully saturated rings. The molecule has 0 atom stereocenters. The highest BCUT2D eigenvalue weighted by molar-refractivity contribution is 9.10. The van der Waals surface area contributed by atoms with Crippen molar-refractivity contribution >= 4 is 56.1 Å². The number of anilines is 2. The number of halogens is 1. The number of carbonyl (C=O) groups is 1. The van der Waals surface area contributed by atoms with Crippen LogP contribution < -0.4 is 5.32 Å². The number of pyridine rings is 1. The number of fused-ring (bicyclic) bond motifs is 1. The van der Waals surface area contributed by atoms with Gasteiger partial charge in [-0.1, -0.05) is 22.0 Å².